The predicted octanol–water partition coefficient (Wildman–Crippen LogP) is 3.73. The lowest BCUT2D eigenvalue weighted by atomic mass is 9.92. The number of nitrogens with zero attached hydrogens (tertiary/aromatic N) is 6. The number of pyridine rings is 1. The summed E-state index contributed by atoms with van der Waals surface area (Å²) >= 11 is 0. The maximum atomic E-state index is 12.9. The Morgan fingerprint density at radius 3 is 2.32 bits per heavy atom. The maximum Gasteiger partial charge on any atom is 0.253 e. The van der Waals surface area contributed by atoms with Gasteiger partial charge in [-0.1, -0.05) is 12.8 Å². The first-order valence-corrected chi connectivity index (χ1v) is 13.9. The number of rotatable bonds is 6. The number of amides is 1. The molecule has 6 rings (SSSR count). The summed E-state index contributed by atoms with van der Waals surface area (Å²) in [5, 5.41) is 7.28. The Labute approximate surface area is 217 Å². The van der Waals surface area contributed by atoms with Gasteiger partial charge in [-0.3, -0.25) is 9.78 Å². The van der Waals surface area contributed by atoms with Gasteiger partial charge in [0.25, 0.3) is 5.91 Å². The number of hydrogen-bond acceptors (Lipinski definition) is 8. The smallest absolute Gasteiger partial charge is 0.253 e. The number of nitrogens with one attached hydrogen (secondary N) is 2. The third kappa shape index (κ3) is 5.25. The maximum absolute atomic E-state index is 12.9. The molecule has 3 fully saturated rings. The van der Waals surface area contributed by atoms with Crippen LogP contribution in [0, 0.1) is 0 Å². The number of imidazole rings is 1. The van der Waals surface area contributed by atoms with Crippen LogP contribution in [0.5, 0.6) is 0 Å². The van der Waals surface area contributed by atoms with Gasteiger partial charge in [-0.2, -0.15) is 9.97 Å². The highest BCUT2D eigenvalue weighted by molar-refractivity contribution is 5.94. The molecule has 3 aromatic rings. The molecule has 0 aromatic carbocycles. The van der Waals surface area contributed by atoms with Crippen molar-refractivity contribution >= 4 is 28.8 Å². The van der Waals surface area contributed by atoms with Crippen molar-refractivity contribution < 1.29 is 4.79 Å². The summed E-state index contributed by atoms with van der Waals surface area (Å²) < 4.78 is 2.26. The summed E-state index contributed by atoms with van der Waals surface area (Å²) in [4.78, 5) is 33.5. The van der Waals surface area contributed by atoms with Gasteiger partial charge in [0.05, 0.1) is 6.33 Å². The standard InChI is InChI=1S/C27H37N9O/c28-19-5-7-20(8-6-19)32-27-33-24(23-25(34-27)36(17-30-23)22-3-1-2-4-22)31-21-11-15-35(16-12-21)26(37)18-9-13-29-14-10-18/h9-10,13-14,17,19-22H,1-8,11-12,15-16,28H2,(H2,31,32,33,34). The summed E-state index contributed by atoms with van der Waals surface area (Å²) in [6.07, 6.45) is 16.0. The Morgan fingerprint density at radius 1 is 0.892 bits per heavy atom. The second-order valence-corrected chi connectivity index (χ2v) is 10.9. The van der Waals surface area contributed by atoms with Gasteiger partial charge in [-0.25, -0.2) is 4.98 Å². The average molecular weight is 504 g/mol. The highest BCUT2D eigenvalue weighted by atomic mass is 16.2. The van der Waals surface area contributed by atoms with Crippen LogP contribution < -0.4 is 16.4 Å². The molecular formula is C27H37N9O. The second-order valence-electron chi connectivity index (χ2n) is 10.9. The van der Waals surface area contributed by atoms with Crippen molar-refractivity contribution in [1.82, 2.24) is 29.4 Å². The number of nitrogens with two attached hydrogens (primary N) is 1. The van der Waals surface area contributed by atoms with Crippen LogP contribution in [0.25, 0.3) is 11.2 Å². The number of aromatic nitrogens is 5. The SMILES string of the molecule is NC1CCC(Nc2nc(NC3CCN(C(=O)c4ccncc4)CC3)c3ncn(C4CCCC4)c3n2)CC1. The first-order valence-electron chi connectivity index (χ1n) is 13.9. The van der Waals surface area contributed by atoms with E-state index in [1.807, 2.05) is 11.2 Å². The molecule has 1 saturated heterocycles. The van der Waals surface area contributed by atoms with E-state index in [-0.39, 0.29) is 11.9 Å². The van der Waals surface area contributed by atoms with Crippen LogP contribution in [-0.2, 0) is 0 Å². The zero-order valence-corrected chi connectivity index (χ0v) is 21.4. The Hall–Kier alpha value is -3.27. The molecule has 3 aromatic heterocycles. The Morgan fingerprint density at radius 2 is 1.59 bits per heavy atom. The normalized spacial score (nSPS) is 23.4. The third-order valence-electron chi connectivity index (χ3n) is 8.29. The van der Waals surface area contributed by atoms with Crippen LogP contribution in [-0.4, -0.2) is 66.5 Å². The molecule has 2 aliphatic carbocycles. The van der Waals surface area contributed by atoms with E-state index < -0.39 is 0 Å². The molecule has 2 saturated carbocycles. The van der Waals surface area contributed by atoms with E-state index in [0.29, 0.717) is 42.7 Å². The molecule has 0 radical (unpaired) electrons. The highest BCUT2D eigenvalue weighted by Gasteiger charge is 2.27. The monoisotopic (exact) mass is 503 g/mol. The van der Waals surface area contributed by atoms with E-state index in [1.165, 1.54) is 25.7 Å². The van der Waals surface area contributed by atoms with E-state index in [0.717, 1.165) is 55.5 Å². The Bertz CT molecular complexity index is 1210. The van der Waals surface area contributed by atoms with Gasteiger partial charge in [0.2, 0.25) is 5.95 Å². The largest absolute Gasteiger partial charge is 0.365 e. The molecule has 0 unspecified atom stereocenters. The van der Waals surface area contributed by atoms with Gasteiger partial charge in [0, 0.05) is 55.2 Å². The van der Waals surface area contributed by atoms with Crippen LogP contribution in [0.4, 0.5) is 11.8 Å². The van der Waals surface area contributed by atoms with Crippen molar-refractivity contribution in [3.8, 4) is 0 Å². The fourth-order valence-corrected chi connectivity index (χ4v) is 6.07. The van der Waals surface area contributed by atoms with Gasteiger partial charge >= 0.3 is 0 Å². The van der Waals surface area contributed by atoms with Crippen molar-refractivity contribution in [2.24, 2.45) is 5.73 Å². The van der Waals surface area contributed by atoms with Crippen LogP contribution in [0.3, 0.4) is 0 Å². The van der Waals surface area contributed by atoms with E-state index in [2.05, 4.69) is 20.2 Å². The van der Waals surface area contributed by atoms with Crippen molar-refractivity contribution in [3.05, 3.63) is 36.4 Å². The molecule has 3 aliphatic rings. The van der Waals surface area contributed by atoms with E-state index in [1.54, 1.807) is 24.5 Å². The van der Waals surface area contributed by atoms with Crippen LogP contribution >= 0.6 is 0 Å². The molecule has 4 N–H and O–H groups in total. The molecule has 10 nitrogen and oxygen atoms in total. The van der Waals surface area contributed by atoms with E-state index >= 15 is 0 Å². The molecular weight excluding hydrogens is 466 g/mol. The first kappa shape index (κ1) is 24.1. The Balaban J connectivity index is 1.20. The number of fused-ring (bicyclic) bond motifs is 1. The lowest BCUT2D eigenvalue weighted by molar-refractivity contribution is 0.0718. The molecule has 37 heavy (non-hydrogen) atoms. The fourth-order valence-electron chi connectivity index (χ4n) is 6.07. The summed E-state index contributed by atoms with van der Waals surface area (Å²) in [5.41, 5.74) is 8.55. The number of carbonyl (C=O) groups is 1. The molecule has 196 valence electrons. The topological polar surface area (TPSA) is 127 Å². The predicted molar refractivity (Wildman–Crippen MR) is 143 cm³/mol. The summed E-state index contributed by atoms with van der Waals surface area (Å²) in [6, 6.07) is 4.88. The zero-order chi connectivity index (χ0) is 25.2. The molecule has 4 heterocycles. The summed E-state index contributed by atoms with van der Waals surface area (Å²) in [6.45, 7) is 1.41. The molecule has 1 aliphatic heterocycles. The summed E-state index contributed by atoms with van der Waals surface area (Å²) in [7, 11) is 0. The number of piperidine rings is 1. The van der Waals surface area contributed by atoms with Crippen LogP contribution in [0.2, 0.25) is 0 Å². The quantitative estimate of drug-likeness (QED) is 0.464. The number of carbonyl (C=O) groups excluding carboxylic acids is 1. The van der Waals surface area contributed by atoms with Gasteiger partial charge in [0.15, 0.2) is 17.0 Å². The number of hydrogen-bond donors (Lipinski definition) is 3. The minimum atomic E-state index is 0.0688. The molecule has 0 bridgehead atoms. The second kappa shape index (κ2) is 10.6. The van der Waals surface area contributed by atoms with Crippen LogP contribution in [0.1, 0.15) is 80.6 Å². The Kier molecular flexibility index (Phi) is 6.91. The first-order chi connectivity index (χ1) is 18.1. The molecule has 0 spiro atoms. The molecule has 0 atom stereocenters. The highest BCUT2D eigenvalue weighted by Crippen LogP contribution is 2.34. The van der Waals surface area contributed by atoms with E-state index in [9.17, 15) is 4.79 Å². The van der Waals surface area contributed by atoms with Crippen molar-refractivity contribution in [1.29, 1.82) is 0 Å². The van der Waals surface area contributed by atoms with Gasteiger partial charge in [0.1, 0.15) is 0 Å². The number of likely N-dealkylation sites (tertiary alicyclic amines) is 1. The third-order valence-corrected chi connectivity index (χ3v) is 8.29. The lowest BCUT2D eigenvalue weighted by Crippen LogP contribution is -2.42. The van der Waals surface area contributed by atoms with Crippen LogP contribution in [0.15, 0.2) is 30.9 Å². The van der Waals surface area contributed by atoms with Gasteiger partial charge in [-0.05, 0) is 63.5 Å². The molecule has 1 amide bonds. The minimum absolute atomic E-state index is 0.0688. The minimum Gasteiger partial charge on any atom is -0.365 e. The fraction of sp³-hybridized carbons (Fsp3) is 0.593. The number of anilines is 2. The summed E-state index contributed by atoms with van der Waals surface area (Å²) in [5.74, 6) is 1.52. The molecule has 10 heteroatoms. The zero-order valence-electron chi connectivity index (χ0n) is 21.4. The van der Waals surface area contributed by atoms with Crippen molar-refractivity contribution in [3.63, 3.8) is 0 Å². The van der Waals surface area contributed by atoms with Crippen molar-refractivity contribution in [2.75, 3.05) is 23.7 Å². The van der Waals surface area contributed by atoms with E-state index in [4.69, 9.17) is 20.7 Å². The average Bonchev–Trinajstić information content (AvgIpc) is 3.61. The van der Waals surface area contributed by atoms with Gasteiger partial charge in [-0.15, -0.1) is 0 Å². The lowest BCUT2D eigenvalue weighted by Gasteiger charge is -2.33. The van der Waals surface area contributed by atoms with Crippen molar-refractivity contribution in [2.45, 2.75) is 88.4 Å². The van der Waals surface area contributed by atoms with Gasteiger partial charge < -0.3 is 25.8 Å².